The monoisotopic (exact) mass is 251 g/mol. The highest BCUT2D eigenvalue weighted by Crippen LogP contribution is 2.33. The summed E-state index contributed by atoms with van der Waals surface area (Å²) < 4.78 is 1.65. The van der Waals surface area contributed by atoms with E-state index >= 15 is 0 Å². The summed E-state index contributed by atoms with van der Waals surface area (Å²) in [5, 5.41) is 9.11. The molecule has 6 nitrogen and oxygen atoms in total. The summed E-state index contributed by atoms with van der Waals surface area (Å²) in [7, 11) is 1.60. The minimum absolute atomic E-state index is 0.206. The van der Waals surface area contributed by atoms with Crippen LogP contribution >= 0.6 is 0 Å². The summed E-state index contributed by atoms with van der Waals surface area (Å²) in [6.07, 6.45) is 5.65. The Balaban J connectivity index is 2.35. The molecule has 1 fully saturated rings. The highest BCUT2D eigenvalue weighted by Gasteiger charge is 2.28. The molecule has 6 heteroatoms. The standard InChI is InChI=1S/C12H17N3O3/c1-3-9(12(17)18)14(2)10-11(16)15(7-6-13-10)8-4-5-8/h6-9H,3-5H2,1-2H3,(H,17,18). The van der Waals surface area contributed by atoms with Crippen LogP contribution in [0.3, 0.4) is 0 Å². The van der Waals surface area contributed by atoms with Gasteiger partial charge < -0.3 is 14.6 Å². The zero-order chi connectivity index (χ0) is 13.3. The van der Waals surface area contributed by atoms with E-state index in [2.05, 4.69) is 4.98 Å². The Bertz CT molecular complexity index is 508. The largest absolute Gasteiger partial charge is 0.480 e. The Kier molecular flexibility index (Phi) is 3.36. The number of carboxylic acid groups (broad SMARTS) is 1. The van der Waals surface area contributed by atoms with Gasteiger partial charge in [-0.25, -0.2) is 9.78 Å². The van der Waals surface area contributed by atoms with E-state index in [0.29, 0.717) is 6.42 Å². The zero-order valence-electron chi connectivity index (χ0n) is 10.5. The number of nitrogens with zero attached hydrogens (tertiary/aromatic N) is 3. The minimum atomic E-state index is -0.942. The van der Waals surface area contributed by atoms with Crippen molar-refractivity contribution in [1.82, 2.24) is 9.55 Å². The Morgan fingerprint density at radius 2 is 2.33 bits per heavy atom. The minimum Gasteiger partial charge on any atom is -0.480 e. The van der Waals surface area contributed by atoms with Crippen molar-refractivity contribution in [1.29, 1.82) is 0 Å². The predicted octanol–water partition coefficient (Wildman–Crippen LogP) is 0.878. The van der Waals surface area contributed by atoms with Crippen molar-refractivity contribution in [2.75, 3.05) is 11.9 Å². The number of hydrogen-bond donors (Lipinski definition) is 1. The molecule has 1 aliphatic rings. The van der Waals surface area contributed by atoms with Crippen LogP contribution in [-0.4, -0.2) is 33.7 Å². The summed E-state index contributed by atoms with van der Waals surface area (Å²) in [6.45, 7) is 1.78. The lowest BCUT2D eigenvalue weighted by atomic mass is 10.2. The number of anilines is 1. The van der Waals surface area contributed by atoms with Gasteiger partial charge in [0.25, 0.3) is 5.56 Å². The van der Waals surface area contributed by atoms with Gasteiger partial charge in [-0.05, 0) is 19.3 Å². The summed E-state index contributed by atoms with van der Waals surface area (Å²) in [6, 6.07) is -0.460. The molecule has 1 atom stereocenters. The van der Waals surface area contributed by atoms with E-state index in [-0.39, 0.29) is 17.4 Å². The first-order valence-corrected chi connectivity index (χ1v) is 6.09. The molecule has 0 aromatic carbocycles. The Morgan fingerprint density at radius 3 is 2.83 bits per heavy atom. The summed E-state index contributed by atoms with van der Waals surface area (Å²) in [4.78, 5) is 28.8. The quantitative estimate of drug-likeness (QED) is 0.840. The van der Waals surface area contributed by atoms with Gasteiger partial charge in [0.1, 0.15) is 6.04 Å². The molecule has 98 valence electrons. The molecular formula is C12H17N3O3. The highest BCUT2D eigenvalue weighted by molar-refractivity contribution is 5.77. The van der Waals surface area contributed by atoms with Crippen LogP contribution in [0.4, 0.5) is 5.82 Å². The van der Waals surface area contributed by atoms with Crippen LogP contribution in [0.1, 0.15) is 32.2 Å². The lowest BCUT2D eigenvalue weighted by Gasteiger charge is -2.24. The molecule has 1 heterocycles. The topological polar surface area (TPSA) is 75.4 Å². The molecule has 1 aromatic rings. The third-order valence-electron chi connectivity index (χ3n) is 3.26. The van der Waals surface area contributed by atoms with Crippen molar-refractivity contribution in [3.63, 3.8) is 0 Å². The van der Waals surface area contributed by atoms with Crippen molar-refractivity contribution in [2.45, 2.75) is 38.3 Å². The van der Waals surface area contributed by atoms with Crippen molar-refractivity contribution < 1.29 is 9.90 Å². The fraction of sp³-hybridized carbons (Fsp3) is 0.583. The van der Waals surface area contributed by atoms with Gasteiger partial charge in [0, 0.05) is 25.5 Å². The van der Waals surface area contributed by atoms with Crippen molar-refractivity contribution in [3.05, 3.63) is 22.7 Å². The maximum atomic E-state index is 12.2. The molecule has 0 saturated heterocycles. The number of aliphatic carboxylic acids is 1. The third-order valence-corrected chi connectivity index (χ3v) is 3.26. The van der Waals surface area contributed by atoms with E-state index in [1.165, 1.54) is 4.90 Å². The van der Waals surface area contributed by atoms with Crippen molar-refractivity contribution >= 4 is 11.8 Å². The summed E-state index contributed by atoms with van der Waals surface area (Å²) >= 11 is 0. The van der Waals surface area contributed by atoms with Gasteiger partial charge in [-0.3, -0.25) is 4.79 Å². The van der Waals surface area contributed by atoms with E-state index in [1.807, 2.05) is 0 Å². The second kappa shape index (κ2) is 4.80. The SMILES string of the molecule is CCC(C(=O)O)N(C)c1nccn(C2CC2)c1=O. The van der Waals surface area contributed by atoms with Crippen molar-refractivity contribution in [2.24, 2.45) is 0 Å². The lowest BCUT2D eigenvalue weighted by molar-refractivity contribution is -0.138. The molecule has 1 unspecified atom stereocenters. The lowest BCUT2D eigenvalue weighted by Crippen LogP contribution is -2.42. The summed E-state index contributed by atoms with van der Waals surface area (Å²) in [5.41, 5.74) is -0.206. The van der Waals surface area contributed by atoms with Gasteiger partial charge in [0.2, 0.25) is 0 Å². The van der Waals surface area contributed by atoms with Gasteiger partial charge in [0.05, 0.1) is 0 Å². The maximum absolute atomic E-state index is 12.2. The Hall–Kier alpha value is -1.85. The van der Waals surface area contributed by atoms with Crippen LogP contribution in [0.25, 0.3) is 0 Å². The van der Waals surface area contributed by atoms with E-state index in [0.717, 1.165) is 12.8 Å². The van der Waals surface area contributed by atoms with Crippen LogP contribution in [0, 0.1) is 0 Å². The predicted molar refractivity (Wildman–Crippen MR) is 66.9 cm³/mol. The van der Waals surface area contributed by atoms with Gasteiger partial charge in [-0.15, -0.1) is 0 Å². The van der Waals surface area contributed by atoms with Crippen LogP contribution in [-0.2, 0) is 4.79 Å². The fourth-order valence-electron chi connectivity index (χ4n) is 2.06. The van der Waals surface area contributed by atoms with E-state index < -0.39 is 12.0 Å². The van der Waals surface area contributed by atoms with Gasteiger partial charge in [-0.2, -0.15) is 0 Å². The number of hydrogen-bond acceptors (Lipinski definition) is 4. The van der Waals surface area contributed by atoms with Gasteiger partial charge in [0.15, 0.2) is 5.82 Å². The molecule has 0 radical (unpaired) electrons. The molecule has 0 spiro atoms. The fourth-order valence-corrected chi connectivity index (χ4v) is 2.06. The summed E-state index contributed by atoms with van der Waals surface area (Å²) in [5.74, 6) is -0.735. The third kappa shape index (κ3) is 2.23. The maximum Gasteiger partial charge on any atom is 0.326 e. The number of rotatable bonds is 5. The number of likely N-dealkylation sites (N-methyl/N-ethyl adjacent to an activating group) is 1. The molecule has 1 saturated carbocycles. The Morgan fingerprint density at radius 1 is 1.67 bits per heavy atom. The first kappa shape index (κ1) is 12.6. The molecule has 1 aromatic heterocycles. The van der Waals surface area contributed by atoms with Crippen LogP contribution < -0.4 is 10.5 Å². The molecule has 0 amide bonds. The second-order valence-electron chi connectivity index (χ2n) is 4.57. The van der Waals surface area contributed by atoms with E-state index in [9.17, 15) is 9.59 Å². The molecule has 18 heavy (non-hydrogen) atoms. The smallest absolute Gasteiger partial charge is 0.326 e. The Labute approximate surface area is 105 Å². The van der Waals surface area contributed by atoms with Crippen molar-refractivity contribution in [3.8, 4) is 0 Å². The molecule has 0 bridgehead atoms. The van der Waals surface area contributed by atoms with Crippen LogP contribution in [0.5, 0.6) is 0 Å². The second-order valence-corrected chi connectivity index (χ2v) is 4.57. The average Bonchev–Trinajstić information content (AvgIpc) is 3.13. The zero-order valence-corrected chi connectivity index (χ0v) is 10.5. The number of aromatic nitrogens is 2. The highest BCUT2D eigenvalue weighted by atomic mass is 16.4. The van der Waals surface area contributed by atoms with Crippen LogP contribution in [0.2, 0.25) is 0 Å². The van der Waals surface area contributed by atoms with E-state index in [1.54, 1.807) is 30.9 Å². The van der Waals surface area contributed by atoms with Gasteiger partial charge in [-0.1, -0.05) is 6.92 Å². The molecular weight excluding hydrogens is 234 g/mol. The first-order chi connectivity index (χ1) is 8.56. The normalized spacial score (nSPS) is 16.3. The molecule has 1 aliphatic carbocycles. The average molecular weight is 251 g/mol. The molecule has 0 aliphatic heterocycles. The van der Waals surface area contributed by atoms with Gasteiger partial charge >= 0.3 is 5.97 Å². The molecule has 2 rings (SSSR count). The van der Waals surface area contributed by atoms with E-state index in [4.69, 9.17) is 5.11 Å². The first-order valence-electron chi connectivity index (χ1n) is 6.09. The van der Waals surface area contributed by atoms with Crippen LogP contribution in [0.15, 0.2) is 17.2 Å². The molecule has 1 N–H and O–H groups in total. The number of carbonyl (C=O) groups is 1. The number of carboxylic acids is 1.